The van der Waals surface area contributed by atoms with Crippen LogP contribution in [-0.4, -0.2) is 31.7 Å². The van der Waals surface area contributed by atoms with Crippen LogP contribution in [0.3, 0.4) is 0 Å². The Kier molecular flexibility index (Phi) is 6.52. The van der Waals surface area contributed by atoms with Crippen LogP contribution in [0, 0.1) is 0 Å². The van der Waals surface area contributed by atoms with Gasteiger partial charge in [-0.25, -0.2) is 8.42 Å². The molecule has 0 aromatic heterocycles. The lowest BCUT2D eigenvalue weighted by molar-refractivity contribution is -0.111. The van der Waals surface area contributed by atoms with E-state index in [1.165, 1.54) is 22.5 Å². The van der Waals surface area contributed by atoms with Gasteiger partial charge >= 0.3 is 0 Å². The highest BCUT2D eigenvalue weighted by Gasteiger charge is 2.22. The zero-order valence-electron chi connectivity index (χ0n) is 13.3. The molecule has 1 N–H and O–H groups in total. The number of carbonyl (C=O) groups is 1. The maximum Gasteiger partial charge on any atom is 0.248 e. The van der Waals surface area contributed by atoms with Gasteiger partial charge in [-0.1, -0.05) is 18.2 Å². The average molecular weight is 322 g/mol. The minimum atomic E-state index is -3.50. The van der Waals surface area contributed by atoms with Gasteiger partial charge in [-0.05, 0) is 45.0 Å². The number of nitrogens with one attached hydrogen (secondary N) is 1. The van der Waals surface area contributed by atoms with Crippen LogP contribution in [0.2, 0.25) is 0 Å². The zero-order valence-corrected chi connectivity index (χ0v) is 14.1. The molecule has 0 bridgehead atoms. The quantitative estimate of drug-likeness (QED) is 0.647. The van der Waals surface area contributed by atoms with E-state index < -0.39 is 10.0 Å². The van der Waals surface area contributed by atoms with E-state index in [2.05, 4.69) is 5.32 Å². The first-order valence-corrected chi connectivity index (χ1v) is 8.41. The molecule has 0 heterocycles. The molecule has 120 valence electrons. The van der Waals surface area contributed by atoms with Crippen molar-refractivity contribution >= 4 is 21.6 Å². The highest BCUT2D eigenvalue weighted by Crippen LogP contribution is 2.19. The summed E-state index contributed by atoms with van der Waals surface area (Å²) in [5.41, 5.74) is 0.543. The summed E-state index contributed by atoms with van der Waals surface area (Å²) in [6.45, 7) is 5.47. The minimum Gasteiger partial charge on any atom is -0.323 e. The lowest BCUT2D eigenvalue weighted by Crippen LogP contribution is -2.33. The Bertz CT molecular complexity index is 659. The van der Waals surface area contributed by atoms with Gasteiger partial charge in [0.05, 0.1) is 4.90 Å². The number of hydrogen-bond donors (Lipinski definition) is 1. The molecule has 22 heavy (non-hydrogen) atoms. The summed E-state index contributed by atoms with van der Waals surface area (Å²) < 4.78 is 25.9. The van der Waals surface area contributed by atoms with Gasteiger partial charge in [0.2, 0.25) is 15.9 Å². The summed E-state index contributed by atoms with van der Waals surface area (Å²) in [5, 5.41) is 2.66. The van der Waals surface area contributed by atoms with Gasteiger partial charge in [0.1, 0.15) is 0 Å². The molecule has 0 aliphatic carbocycles. The van der Waals surface area contributed by atoms with Crippen LogP contribution in [-0.2, 0) is 14.8 Å². The fourth-order valence-electron chi connectivity index (χ4n) is 1.59. The topological polar surface area (TPSA) is 66.5 Å². The summed E-state index contributed by atoms with van der Waals surface area (Å²) >= 11 is 0. The average Bonchev–Trinajstić information content (AvgIpc) is 2.47. The largest absolute Gasteiger partial charge is 0.323 e. The number of amides is 1. The van der Waals surface area contributed by atoms with Crippen molar-refractivity contribution in [2.75, 3.05) is 12.4 Å². The number of anilines is 1. The highest BCUT2D eigenvalue weighted by atomic mass is 32.2. The van der Waals surface area contributed by atoms with Crippen molar-refractivity contribution in [3.8, 4) is 0 Å². The van der Waals surface area contributed by atoms with Crippen molar-refractivity contribution in [3.05, 3.63) is 48.6 Å². The number of benzene rings is 1. The third-order valence-electron chi connectivity index (χ3n) is 3.08. The molecule has 0 unspecified atom stereocenters. The Morgan fingerprint density at radius 2 is 1.77 bits per heavy atom. The monoisotopic (exact) mass is 322 g/mol. The Labute approximate surface area is 132 Å². The van der Waals surface area contributed by atoms with Gasteiger partial charge in [0.25, 0.3) is 0 Å². The predicted molar refractivity (Wildman–Crippen MR) is 89.1 cm³/mol. The summed E-state index contributed by atoms with van der Waals surface area (Å²) in [5.74, 6) is -0.270. The van der Waals surface area contributed by atoms with Crippen LogP contribution in [0.4, 0.5) is 5.69 Å². The van der Waals surface area contributed by atoms with E-state index in [0.29, 0.717) is 5.69 Å². The molecule has 0 radical (unpaired) electrons. The van der Waals surface area contributed by atoms with Crippen molar-refractivity contribution in [1.29, 1.82) is 0 Å². The number of carbonyl (C=O) groups excluding carboxylic acids is 1. The first kappa shape index (κ1) is 18.1. The molecule has 0 saturated heterocycles. The van der Waals surface area contributed by atoms with Crippen LogP contribution in [0.25, 0.3) is 0 Å². The molecule has 1 rings (SSSR count). The lowest BCUT2D eigenvalue weighted by atomic mass is 10.3. The molecule has 1 aromatic carbocycles. The van der Waals surface area contributed by atoms with E-state index in [1.807, 2.05) is 26.8 Å². The second-order valence-corrected chi connectivity index (χ2v) is 7.01. The zero-order chi connectivity index (χ0) is 16.8. The van der Waals surface area contributed by atoms with E-state index in [1.54, 1.807) is 31.3 Å². The standard InChI is InChI=1S/C16H22N2O3S/c1-5-6-7-8-16(19)17-14-9-11-15(12-10-14)22(20,21)18(4)13(2)3/h5-13H,1-4H3,(H,17,19)/b6-5+,8-7+. The first-order valence-electron chi connectivity index (χ1n) is 6.97. The summed E-state index contributed by atoms with van der Waals surface area (Å²) in [4.78, 5) is 11.8. The van der Waals surface area contributed by atoms with E-state index >= 15 is 0 Å². The van der Waals surface area contributed by atoms with Crippen molar-refractivity contribution < 1.29 is 13.2 Å². The summed E-state index contributed by atoms with van der Waals surface area (Å²) in [6.07, 6.45) is 6.59. The third kappa shape index (κ3) is 4.82. The second-order valence-electron chi connectivity index (χ2n) is 5.01. The molecule has 0 saturated carbocycles. The highest BCUT2D eigenvalue weighted by molar-refractivity contribution is 7.89. The third-order valence-corrected chi connectivity index (χ3v) is 5.12. The number of hydrogen-bond acceptors (Lipinski definition) is 3. The van der Waals surface area contributed by atoms with Crippen LogP contribution in [0.5, 0.6) is 0 Å². The molecular formula is C16H22N2O3S. The van der Waals surface area contributed by atoms with E-state index in [9.17, 15) is 13.2 Å². The maximum absolute atomic E-state index is 12.3. The summed E-state index contributed by atoms with van der Waals surface area (Å²) in [6, 6.07) is 5.99. The van der Waals surface area contributed by atoms with Crippen LogP contribution in [0.15, 0.2) is 53.5 Å². The van der Waals surface area contributed by atoms with Crippen molar-refractivity contribution in [3.63, 3.8) is 0 Å². The molecule has 6 heteroatoms. The van der Waals surface area contributed by atoms with E-state index in [0.717, 1.165) is 0 Å². The normalized spacial score (nSPS) is 12.6. The van der Waals surface area contributed by atoms with Crippen LogP contribution in [0.1, 0.15) is 20.8 Å². The minimum absolute atomic E-state index is 0.124. The molecular weight excluding hydrogens is 300 g/mol. The van der Waals surface area contributed by atoms with Gasteiger partial charge < -0.3 is 5.32 Å². The van der Waals surface area contributed by atoms with Crippen molar-refractivity contribution in [2.45, 2.75) is 31.7 Å². The molecule has 0 spiro atoms. The smallest absolute Gasteiger partial charge is 0.248 e. The predicted octanol–water partition coefficient (Wildman–Crippen LogP) is 2.79. The van der Waals surface area contributed by atoms with E-state index in [-0.39, 0.29) is 16.8 Å². The fourth-order valence-corrected chi connectivity index (χ4v) is 2.96. The Morgan fingerprint density at radius 3 is 2.27 bits per heavy atom. The number of sulfonamides is 1. The summed E-state index contributed by atoms with van der Waals surface area (Å²) in [7, 11) is -1.96. The molecule has 1 aromatic rings. The molecule has 0 aliphatic rings. The van der Waals surface area contributed by atoms with Gasteiger partial charge in [-0.15, -0.1) is 0 Å². The maximum atomic E-state index is 12.3. The SMILES string of the molecule is C/C=C/C=C/C(=O)Nc1ccc(S(=O)(=O)N(C)C(C)C)cc1. The van der Waals surface area contributed by atoms with Crippen molar-refractivity contribution in [2.24, 2.45) is 0 Å². The van der Waals surface area contributed by atoms with E-state index in [4.69, 9.17) is 0 Å². The molecule has 0 atom stereocenters. The van der Waals surface area contributed by atoms with Crippen LogP contribution < -0.4 is 5.32 Å². The van der Waals surface area contributed by atoms with Gasteiger partial charge in [-0.2, -0.15) is 4.31 Å². The molecule has 5 nitrogen and oxygen atoms in total. The number of nitrogens with zero attached hydrogens (tertiary/aromatic N) is 1. The van der Waals surface area contributed by atoms with Crippen molar-refractivity contribution in [1.82, 2.24) is 4.31 Å². The Morgan fingerprint density at radius 1 is 1.18 bits per heavy atom. The molecule has 0 aliphatic heterocycles. The first-order chi connectivity index (χ1) is 10.3. The fraction of sp³-hybridized carbons (Fsp3) is 0.312. The van der Waals surface area contributed by atoms with Gasteiger partial charge in [0.15, 0.2) is 0 Å². The Balaban J connectivity index is 2.85. The van der Waals surface area contributed by atoms with Crippen LogP contribution >= 0.6 is 0 Å². The van der Waals surface area contributed by atoms with Gasteiger partial charge in [0, 0.05) is 24.9 Å². The molecule has 1 amide bonds. The second kappa shape index (κ2) is 7.91. The Hall–Kier alpha value is -1.92. The lowest BCUT2D eigenvalue weighted by Gasteiger charge is -2.21. The number of rotatable bonds is 6. The molecule has 0 fully saturated rings. The number of allylic oxidation sites excluding steroid dienone is 3. The van der Waals surface area contributed by atoms with Gasteiger partial charge in [-0.3, -0.25) is 4.79 Å².